The number of aromatic nitrogens is 4. The second kappa shape index (κ2) is 22.4. The molecule has 2 aromatic heterocycles. The number of alkyl halides is 4. The van der Waals surface area contributed by atoms with Crippen LogP contribution in [0.1, 0.15) is 117 Å². The molecule has 0 amide bonds. The lowest BCUT2D eigenvalue weighted by atomic mass is 9.86. The lowest BCUT2D eigenvalue weighted by molar-refractivity contribution is -0.176. The number of fused-ring (bicyclic) bond motifs is 1. The second-order valence-electron chi connectivity index (χ2n) is 17.3. The zero-order valence-corrected chi connectivity index (χ0v) is 38.9. The lowest BCUT2D eigenvalue weighted by Crippen LogP contribution is -2.45. The third-order valence-electron chi connectivity index (χ3n) is 12.0. The third-order valence-corrected chi connectivity index (χ3v) is 15.0. The van der Waals surface area contributed by atoms with Crippen LogP contribution in [0.5, 0.6) is 0 Å². The zero-order chi connectivity index (χ0) is 47.9. The molecule has 0 aliphatic carbocycles. The Hall–Kier alpha value is -3.31. The van der Waals surface area contributed by atoms with Crippen molar-refractivity contribution in [3.63, 3.8) is 0 Å². The standard InChI is InChI=1S/C40H60F4N6O14P2/c1-25(14-10-6-4-5-9-13-21-56-65(54)58-24-29-34(64-65)40(43,44)36(61-29)50-20-18-31(46)48-38(50)53)26(2)15-11-7-8-12-16-32(51)62-33-28(23-59-66(55)57-22-27(3)63-66)60-35(39(33,41)42)49-19-17-30(45)47-37(49)52/h17-20,25-29,33-36H,4-16,21-24H2,1-3H3,(H2,45,47,52)(H2,46,48,53)/t25?,26?,27?,28?,29-,33-,34-,35-,36-,65?,66?/m1/s1. The van der Waals surface area contributed by atoms with Crippen molar-refractivity contribution < 1.29 is 72.8 Å². The number of nitrogens with two attached hydrogens (primary N) is 2. The number of carbonyl (C=O) groups excluding carboxylic acids is 1. The van der Waals surface area contributed by atoms with Crippen LogP contribution in [-0.4, -0.2) is 93.9 Å². The molecule has 0 aromatic carbocycles. The minimum absolute atomic E-state index is 0.0112. The van der Waals surface area contributed by atoms with Gasteiger partial charge in [0, 0.05) is 18.8 Å². The molecule has 372 valence electrons. The Bertz CT molecular complexity index is 2170. The van der Waals surface area contributed by atoms with Crippen LogP contribution >= 0.6 is 15.6 Å². The van der Waals surface area contributed by atoms with Gasteiger partial charge in [-0.1, -0.05) is 78.1 Å². The van der Waals surface area contributed by atoms with E-state index in [-0.39, 0.29) is 31.3 Å². The smallest absolute Gasteiger partial charge is 0.453 e. The summed E-state index contributed by atoms with van der Waals surface area (Å²) < 4.78 is 136. The van der Waals surface area contributed by atoms with Crippen molar-refractivity contribution in [3.8, 4) is 0 Å². The fourth-order valence-electron chi connectivity index (χ4n) is 8.11. The van der Waals surface area contributed by atoms with Gasteiger partial charge >= 0.3 is 44.8 Å². The maximum atomic E-state index is 15.8. The van der Waals surface area contributed by atoms with Crippen LogP contribution < -0.4 is 22.8 Å². The van der Waals surface area contributed by atoms with Gasteiger partial charge in [-0.25, -0.2) is 18.7 Å². The van der Waals surface area contributed by atoms with E-state index in [0.717, 1.165) is 76.2 Å². The van der Waals surface area contributed by atoms with Gasteiger partial charge in [-0.3, -0.25) is 41.1 Å². The quantitative estimate of drug-likeness (QED) is 0.0461. The molecular weight excluding hydrogens is 926 g/mol. The number of nitrogens with zero attached hydrogens (tertiary/aromatic N) is 4. The summed E-state index contributed by atoms with van der Waals surface area (Å²) in [7, 11) is -8.36. The number of phosphoric ester groups is 2. The average molecular weight is 987 g/mol. The molecule has 66 heavy (non-hydrogen) atoms. The van der Waals surface area contributed by atoms with Gasteiger partial charge < -0.3 is 25.7 Å². The second-order valence-corrected chi connectivity index (χ2v) is 20.5. The molecule has 4 N–H and O–H groups in total. The van der Waals surface area contributed by atoms with Gasteiger partial charge in [-0.2, -0.15) is 27.5 Å². The summed E-state index contributed by atoms with van der Waals surface area (Å²) in [6.45, 7) is 4.76. The number of rotatable bonds is 24. The Balaban J connectivity index is 0.813. The normalized spacial score (nSPS) is 31.1. The molecule has 0 radical (unpaired) electrons. The van der Waals surface area contributed by atoms with Crippen LogP contribution in [0.4, 0.5) is 29.2 Å². The summed E-state index contributed by atoms with van der Waals surface area (Å²) in [5, 5.41) is 0. The maximum absolute atomic E-state index is 15.8. The van der Waals surface area contributed by atoms with E-state index >= 15 is 17.6 Å². The molecule has 4 aliphatic rings. The van der Waals surface area contributed by atoms with E-state index in [0.29, 0.717) is 40.2 Å². The number of unbranched alkanes of at least 4 members (excludes halogenated alkanes) is 8. The van der Waals surface area contributed by atoms with Crippen molar-refractivity contribution >= 4 is 33.3 Å². The van der Waals surface area contributed by atoms with Crippen molar-refractivity contribution in [1.29, 1.82) is 0 Å². The molecule has 4 saturated heterocycles. The molecular formula is C40H60F4N6O14P2. The first kappa shape index (κ1) is 52.1. The highest BCUT2D eigenvalue weighted by atomic mass is 31.2. The molecule has 4 aliphatic heterocycles. The number of hydrogen-bond donors (Lipinski definition) is 2. The summed E-state index contributed by atoms with van der Waals surface area (Å²) in [4.78, 5) is 44.4. The van der Waals surface area contributed by atoms with E-state index in [4.69, 9.17) is 52.8 Å². The van der Waals surface area contributed by atoms with E-state index in [1.165, 1.54) is 6.07 Å². The van der Waals surface area contributed by atoms with Gasteiger partial charge in [-0.05, 0) is 43.7 Å². The molecule has 20 nitrogen and oxygen atoms in total. The number of esters is 1. The average Bonchev–Trinajstić information content (AvgIpc) is 3.82. The Morgan fingerprint density at radius 2 is 1.30 bits per heavy atom. The van der Waals surface area contributed by atoms with Gasteiger partial charge in [0.1, 0.15) is 23.8 Å². The molecule has 0 bridgehead atoms. The van der Waals surface area contributed by atoms with Crippen LogP contribution in [0.2, 0.25) is 0 Å². The number of phosphoric acid groups is 2. The minimum Gasteiger partial charge on any atom is -0.453 e. The summed E-state index contributed by atoms with van der Waals surface area (Å²) in [5.41, 5.74) is 8.83. The van der Waals surface area contributed by atoms with Crippen LogP contribution in [0, 0.1) is 11.8 Å². The molecule has 26 heteroatoms. The minimum atomic E-state index is -4.29. The van der Waals surface area contributed by atoms with Gasteiger partial charge in [0.15, 0.2) is 12.2 Å². The van der Waals surface area contributed by atoms with Gasteiger partial charge in [0.05, 0.1) is 32.5 Å². The number of nitrogen functional groups attached to an aromatic ring is 2. The molecule has 0 saturated carbocycles. The maximum Gasteiger partial charge on any atom is 0.475 e. The van der Waals surface area contributed by atoms with E-state index in [1.54, 1.807) is 6.92 Å². The topological polar surface area (TPSA) is 256 Å². The predicted octanol–water partition coefficient (Wildman–Crippen LogP) is 7.09. The Labute approximate surface area is 378 Å². The lowest BCUT2D eigenvalue weighted by Gasteiger charge is -2.31. The highest BCUT2D eigenvalue weighted by Gasteiger charge is 2.66. The SMILES string of the molecule is CC1COP(=O)(OCC2O[C@@H](n3ccc(N)nc3=O)C(F)(F)[C@@H]2OC(=O)CCCCCCC(C)C(C)CCCCCCCCOP2(=O)OC[C@H]3O[C@@H](n4ccc(N)nc4=O)C(F)(F)[C@@H]3O2)O1. The first-order chi connectivity index (χ1) is 31.2. The van der Waals surface area contributed by atoms with Crippen molar-refractivity contribution in [2.24, 2.45) is 11.8 Å². The van der Waals surface area contributed by atoms with Crippen molar-refractivity contribution in [1.82, 2.24) is 19.1 Å². The Kier molecular flexibility index (Phi) is 17.7. The summed E-state index contributed by atoms with van der Waals surface area (Å²) in [6.07, 6.45) is 0.127. The number of ether oxygens (including phenoxy) is 3. The van der Waals surface area contributed by atoms with Crippen LogP contribution in [0.15, 0.2) is 34.1 Å². The molecule has 4 fully saturated rings. The highest BCUT2D eigenvalue weighted by Crippen LogP contribution is 2.60. The highest BCUT2D eigenvalue weighted by molar-refractivity contribution is 7.49. The van der Waals surface area contributed by atoms with Gasteiger partial charge in [0.2, 0.25) is 12.5 Å². The molecule has 6 rings (SSSR count). The first-order valence-corrected chi connectivity index (χ1v) is 25.2. The van der Waals surface area contributed by atoms with Crippen molar-refractivity contribution in [3.05, 3.63) is 45.5 Å². The van der Waals surface area contributed by atoms with Crippen molar-refractivity contribution in [2.45, 2.75) is 159 Å². The molecule has 2 aromatic rings. The number of hydrogen-bond acceptors (Lipinski definition) is 18. The van der Waals surface area contributed by atoms with Crippen LogP contribution in [0.3, 0.4) is 0 Å². The monoisotopic (exact) mass is 986 g/mol. The molecule has 6 unspecified atom stereocenters. The van der Waals surface area contributed by atoms with E-state index < -0.39 is 101 Å². The van der Waals surface area contributed by atoms with Crippen molar-refractivity contribution in [2.75, 3.05) is 37.9 Å². The fourth-order valence-corrected chi connectivity index (χ4v) is 11.0. The third kappa shape index (κ3) is 13.1. The first-order valence-electron chi connectivity index (χ1n) is 22.3. The zero-order valence-electron chi connectivity index (χ0n) is 37.1. The molecule has 0 spiro atoms. The number of anilines is 2. The van der Waals surface area contributed by atoms with Crippen LogP contribution in [-0.2, 0) is 55.3 Å². The summed E-state index contributed by atoms with van der Waals surface area (Å²) >= 11 is 0. The van der Waals surface area contributed by atoms with Crippen LogP contribution in [0.25, 0.3) is 0 Å². The number of carbonyl (C=O) groups is 1. The largest absolute Gasteiger partial charge is 0.475 e. The molecule has 6 heterocycles. The van der Waals surface area contributed by atoms with Gasteiger partial charge in [-0.15, -0.1) is 0 Å². The Morgan fingerprint density at radius 3 is 1.88 bits per heavy atom. The van der Waals surface area contributed by atoms with E-state index in [9.17, 15) is 23.5 Å². The summed E-state index contributed by atoms with van der Waals surface area (Å²) in [6, 6.07) is 2.32. The van der Waals surface area contributed by atoms with Gasteiger partial charge in [0.25, 0.3) is 0 Å². The summed E-state index contributed by atoms with van der Waals surface area (Å²) in [5.74, 6) is -7.91. The number of halogens is 4. The van der Waals surface area contributed by atoms with E-state index in [1.807, 2.05) is 0 Å². The fraction of sp³-hybridized carbons (Fsp3) is 0.775. The molecule has 11 atom stereocenters. The predicted molar refractivity (Wildman–Crippen MR) is 226 cm³/mol. The Morgan fingerprint density at radius 1 is 0.773 bits per heavy atom. The van der Waals surface area contributed by atoms with E-state index in [2.05, 4.69) is 23.8 Å².